The number of carbonyl (C=O) groups is 3. The Kier molecular flexibility index (Phi) is 6.48. The highest BCUT2D eigenvalue weighted by atomic mass is 16.5. The van der Waals surface area contributed by atoms with E-state index in [2.05, 4.69) is 5.32 Å². The molecule has 1 aliphatic rings. The number of carbonyl (C=O) groups excluding carboxylic acids is 3. The SMILES string of the molecule is COC(=O)C1=C(Nc2ccc(-c3ccc(C(=O)OC)cc3)cc2)C(=O)N(CCO)C1. The van der Waals surface area contributed by atoms with Crippen LogP contribution in [-0.4, -0.2) is 61.8 Å². The molecule has 0 saturated heterocycles. The van der Waals surface area contributed by atoms with E-state index in [1.807, 2.05) is 24.3 Å². The minimum Gasteiger partial charge on any atom is -0.466 e. The predicted octanol–water partition coefficient (Wildman–Crippen LogP) is 1.81. The van der Waals surface area contributed by atoms with Gasteiger partial charge in [0.2, 0.25) is 0 Å². The van der Waals surface area contributed by atoms with E-state index in [0.717, 1.165) is 11.1 Å². The fourth-order valence-corrected chi connectivity index (χ4v) is 3.16. The summed E-state index contributed by atoms with van der Waals surface area (Å²) in [5.41, 5.74) is 3.28. The van der Waals surface area contributed by atoms with E-state index in [1.165, 1.54) is 19.1 Å². The van der Waals surface area contributed by atoms with Crippen LogP contribution in [0, 0.1) is 0 Å². The number of benzene rings is 2. The Morgan fingerprint density at radius 3 is 2.07 bits per heavy atom. The Morgan fingerprint density at radius 2 is 1.53 bits per heavy atom. The monoisotopic (exact) mass is 410 g/mol. The first-order chi connectivity index (χ1) is 14.5. The van der Waals surface area contributed by atoms with Crippen LogP contribution in [0.2, 0.25) is 0 Å². The lowest BCUT2D eigenvalue weighted by atomic mass is 10.0. The van der Waals surface area contributed by atoms with Crippen molar-refractivity contribution in [3.63, 3.8) is 0 Å². The van der Waals surface area contributed by atoms with E-state index < -0.39 is 11.9 Å². The maximum absolute atomic E-state index is 12.6. The van der Waals surface area contributed by atoms with Gasteiger partial charge in [-0.05, 0) is 35.4 Å². The fraction of sp³-hybridized carbons (Fsp3) is 0.227. The molecule has 8 heteroatoms. The van der Waals surface area contributed by atoms with Crippen molar-refractivity contribution >= 4 is 23.5 Å². The second-order valence-corrected chi connectivity index (χ2v) is 6.57. The van der Waals surface area contributed by atoms with Crippen LogP contribution in [0.5, 0.6) is 0 Å². The topological polar surface area (TPSA) is 105 Å². The lowest BCUT2D eigenvalue weighted by molar-refractivity contribution is -0.136. The number of anilines is 1. The normalized spacial score (nSPS) is 13.4. The molecule has 156 valence electrons. The molecule has 0 aromatic heterocycles. The first kappa shape index (κ1) is 21.1. The average Bonchev–Trinajstić information content (AvgIpc) is 3.09. The van der Waals surface area contributed by atoms with Crippen molar-refractivity contribution < 1.29 is 29.0 Å². The third kappa shape index (κ3) is 4.33. The smallest absolute Gasteiger partial charge is 0.337 e. The molecule has 0 unspecified atom stereocenters. The van der Waals surface area contributed by atoms with Crippen LogP contribution < -0.4 is 5.32 Å². The highest BCUT2D eigenvalue weighted by molar-refractivity contribution is 6.08. The molecule has 2 N–H and O–H groups in total. The number of ether oxygens (including phenoxy) is 2. The standard InChI is InChI=1S/C22H22N2O6/c1-29-21(27)16-5-3-14(4-6-16)15-7-9-17(10-8-15)23-19-18(22(28)30-2)13-24(11-12-25)20(19)26/h3-10,23,25H,11-13H2,1-2H3. The summed E-state index contributed by atoms with van der Waals surface area (Å²) in [6.45, 7) is 0.0149. The molecule has 0 bridgehead atoms. The van der Waals surface area contributed by atoms with Gasteiger partial charge in [-0.1, -0.05) is 24.3 Å². The van der Waals surface area contributed by atoms with Gasteiger partial charge in [0.1, 0.15) is 5.70 Å². The zero-order valence-electron chi connectivity index (χ0n) is 16.7. The number of hydrogen-bond donors (Lipinski definition) is 2. The Hall–Kier alpha value is -3.65. The quantitative estimate of drug-likeness (QED) is 0.671. The van der Waals surface area contributed by atoms with Gasteiger partial charge in [-0.3, -0.25) is 4.79 Å². The number of rotatable bonds is 7. The average molecular weight is 410 g/mol. The summed E-state index contributed by atoms with van der Waals surface area (Å²) >= 11 is 0. The largest absolute Gasteiger partial charge is 0.466 e. The van der Waals surface area contributed by atoms with E-state index in [9.17, 15) is 14.4 Å². The number of β-amino-alcohol motifs (C(OH)–C–C–N with tert-alkyl or cyclic N) is 1. The van der Waals surface area contributed by atoms with Crippen molar-refractivity contribution in [3.05, 3.63) is 65.4 Å². The summed E-state index contributed by atoms with van der Waals surface area (Å²) in [5.74, 6) is -1.35. The van der Waals surface area contributed by atoms with Crippen LogP contribution in [-0.2, 0) is 19.1 Å². The predicted molar refractivity (Wildman–Crippen MR) is 110 cm³/mol. The molecule has 0 spiro atoms. The molecule has 0 atom stereocenters. The first-order valence-electron chi connectivity index (χ1n) is 9.26. The van der Waals surface area contributed by atoms with Crippen molar-refractivity contribution in [3.8, 4) is 11.1 Å². The number of esters is 2. The zero-order valence-corrected chi connectivity index (χ0v) is 16.7. The lowest BCUT2D eigenvalue weighted by Gasteiger charge is -2.15. The van der Waals surface area contributed by atoms with E-state index in [4.69, 9.17) is 14.6 Å². The van der Waals surface area contributed by atoms with Crippen LogP contribution in [0.25, 0.3) is 11.1 Å². The molecule has 1 aliphatic heterocycles. The molecule has 30 heavy (non-hydrogen) atoms. The third-order valence-corrected chi connectivity index (χ3v) is 4.75. The minimum atomic E-state index is -0.589. The van der Waals surface area contributed by atoms with Crippen molar-refractivity contribution in [2.45, 2.75) is 0 Å². The van der Waals surface area contributed by atoms with Crippen LogP contribution in [0.1, 0.15) is 10.4 Å². The molecular formula is C22H22N2O6. The highest BCUT2D eigenvalue weighted by Crippen LogP contribution is 2.26. The fourth-order valence-electron chi connectivity index (χ4n) is 3.16. The number of methoxy groups -OCH3 is 2. The van der Waals surface area contributed by atoms with Gasteiger partial charge < -0.3 is 24.8 Å². The summed E-state index contributed by atoms with van der Waals surface area (Å²) in [6.07, 6.45) is 0. The lowest BCUT2D eigenvalue weighted by Crippen LogP contribution is -2.31. The van der Waals surface area contributed by atoms with Gasteiger partial charge in [0.15, 0.2) is 0 Å². The molecular weight excluding hydrogens is 388 g/mol. The van der Waals surface area contributed by atoms with E-state index in [0.29, 0.717) is 11.3 Å². The molecule has 1 amide bonds. The second-order valence-electron chi connectivity index (χ2n) is 6.57. The Labute approximate surface area is 173 Å². The summed E-state index contributed by atoms with van der Waals surface area (Å²) in [6, 6.07) is 14.3. The molecule has 2 aromatic rings. The summed E-state index contributed by atoms with van der Waals surface area (Å²) in [5, 5.41) is 12.1. The maximum atomic E-state index is 12.6. The molecule has 0 fully saturated rings. The summed E-state index contributed by atoms with van der Waals surface area (Å²) in [7, 11) is 2.59. The number of aliphatic hydroxyl groups excluding tert-OH is 1. The third-order valence-electron chi connectivity index (χ3n) is 4.75. The van der Waals surface area contributed by atoms with Crippen molar-refractivity contribution in [2.75, 3.05) is 39.2 Å². The van der Waals surface area contributed by atoms with Gasteiger partial charge in [-0.2, -0.15) is 0 Å². The van der Waals surface area contributed by atoms with E-state index in [-0.39, 0.29) is 36.9 Å². The number of hydrogen-bond acceptors (Lipinski definition) is 7. The van der Waals surface area contributed by atoms with Crippen molar-refractivity contribution in [1.29, 1.82) is 0 Å². The van der Waals surface area contributed by atoms with E-state index in [1.54, 1.807) is 24.3 Å². The van der Waals surface area contributed by atoms with Gasteiger partial charge in [-0.25, -0.2) is 9.59 Å². The van der Waals surface area contributed by atoms with Gasteiger partial charge >= 0.3 is 11.9 Å². The minimum absolute atomic E-state index is 0.0824. The van der Waals surface area contributed by atoms with E-state index >= 15 is 0 Å². The maximum Gasteiger partial charge on any atom is 0.337 e. The molecule has 2 aromatic carbocycles. The van der Waals surface area contributed by atoms with Gasteiger partial charge in [-0.15, -0.1) is 0 Å². The Morgan fingerprint density at radius 1 is 0.967 bits per heavy atom. The molecule has 0 radical (unpaired) electrons. The first-order valence-corrected chi connectivity index (χ1v) is 9.26. The number of aliphatic hydroxyl groups is 1. The van der Waals surface area contributed by atoms with Crippen LogP contribution in [0.4, 0.5) is 5.69 Å². The molecule has 3 rings (SSSR count). The number of amides is 1. The van der Waals surface area contributed by atoms with Crippen LogP contribution in [0.3, 0.4) is 0 Å². The highest BCUT2D eigenvalue weighted by Gasteiger charge is 2.34. The molecule has 8 nitrogen and oxygen atoms in total. The zero-order chi connectivity index (χ0) is 21.7. The Balaban J connectivity index is 1.79. The van der Waals surface area contributed by atoms with Gasteiger partial charge in [0.25, 0.3) is 5.91 Å². The van der Waals surface area contributed by atoms with Gasteiger partial charge in [0.05, 0.1) is 38.5 Å². The van der Waals surface area contributed by atoms with Crippen molar-refractivity contribution in [2.24, 2.45) is 0 Å². The summed E-state index contributed by atoms with van der Waals surface area (Å²) in [4.78, 5) is 37.6. The second kappa shape index (κ2) is 9.23. The van der Waals surface area contributed by atoms with Crippen molar-refractivity contribution in [1.82, 2.24) is 4.90 Å². The number of nitrogens with zero attached hydrogens (tertiary/aromatic N) is 1. The van der Waals surface area contributed by atoms with Crippen LogP contribution >= 0.6 is 0 Å². The molecule has 0 saturated carbocycles. The molecule has 0 aliphatic carbocycles. The van der Waals surface area contributed by atoms with Crippen LogP contribution in [0.15, 0.2) is 59.8 Å². The Bertz CT molecular complexity index is 980. The van der Waals surface area contributed by atoms with Gasteiger partial charge in [0, 0.05) is 12.2 Å². The molecule has 1 heterocycles. The number of nitrogens with one attached hydrogen (secondary N) is 1. The summed E-state index contributed by atoms with van der Waals surface area (Å²) < 4.78 is 9.47.